The molecule has 2 amide bonds. The van der Waals surface area contributed by atoms with Crippen molar-refractivity contribution >= 4 is 30.4 Å². The van der Waals surface area contributed by atoms with Gasteiger partial charge in [-0.2, -0.15) is 12.6 Å². The number of ether oxygens (including phenoxy) is 1. The van der Waals surface area contributed by atoms with Gasteiger partial charge in [-0.05, 0) is 6.42 Å². The first-order valence-corrected chi connectivity index (χ1v) is 6.11. The largest absolute Gasteiger partial charge is 0.370 e. The summed E-state index contributed by atoms with van der Waals surface area (Å²) >= 11 is 4.30. The van der Waals surface area contributed by atoms with E-state index in [1.54, 1.807) is 0 Å². The molecule has 1 rings (SSSR count). The molecule has 0 atom stereocenters. The lowest BCUT2D eigenvalue weighted by Gasteiger charge is -2.17. The van der Waals surface area contributed by atoms with Crippen LogP contribution in [-0.4, -0.2) is 40.8 Å². The highest BCUT2D eigenvalue weighted by Gasteiger charge is 2.32. The van der Waals surface area contributed by atoms with Crippen LogP contribution in [0.2, 0.25) is 0 Å². The van der Waals surface area contributed by atoms with Crippen molar-refractivity contribution in [1.82, 2.24) is 5.06 Å². The predicted octanol–water partition coefficient (Wildman–Crippen LogP) is 0.709. The second-order valence-corrected chi connectivity index (χ2v) is 5.87. The van der Waals surface area contributed by atoms with Gasteiger partial charge in [-0.1, -0.05) is 13.8 Å². The Morgan fingerprint density at radius 1 is 1.33 bits per heavy atom. The van der Waals surface area contributed by atoms with Gasteiger partial charge in [-0.15, -0.1) is 5.06 Å². The molecule has 0 N–H and O–H groups in total. The summed E-state index contributed by atoms with van der Waals surface area (Å²) in [6.45, 7) is 3.92. The summed E-state index contributed by atoms with van der Waals surface area (Å²) in [5.74, 6) is -1.75. The van der Waals surface area contributed by atoms with Gasteiger partial charge in [0.25, 0.3) is 11.8 Å². The molecule has 0 aromatic rings. The number of amides is 2. The topological polar surface area (TPSA) is 72.9 Å². The number of hydroxylamine groups is 2. The van der Waals surface area contributed by atoms with Crippen LogP contribution in [0.3, 0.4) is 0 Å². The fourth-order valence-electron chi connectivity index (χ4n) is 1.26. The van der Waals surface area contributed by atoms with Crippen LogP contribution in [0.1, 0.15) is 33.1 Å². The maximum absolute atomic E-state index is 11.3. The summed E-state index contributed by atoms with van der Waals surface area (Å²) in [6, 6.07) is 0. The van der Waals surface area contributed by atoms with Crippen molar-refractivity contribution in [3.63, 3.8) is 0 Å². The summed E-state index contributed by atoms with van der Waals surface area (Å²) in [4.78, 5) is 38.2. The fourth-order valence-corrected chi connectivity index (χ4v) is 1.35. The van der Waals surface area contributed by atoms with Gasteiger partial charge < -0.3 is 9.57 Å². The van der Waals surface area contributed by atoms with E-state index in [1.165, 1.54) is 0 Å². The fraction of sp³-hybridized carbons (Fsp3) is 0.727. The third-order valence-corrected chi connectivity index (χ3v) is 2.50. The number of carbonyl (C=O) groups excluding carboxylic acids is 3. The van der Waals surface area contributed by atoms with Crippen LogP contribution >= 0.6 is 12.6 Å². The van der Waals surface area contributed by atoms with Crippen molar-refractivity contribution < 1.29 is 24.0 Å². The Kier molecular flexibility index (Phi) is 5.15. The number of nitrogens with zero attached hydrogens (tertiary/aromatic N) is 1. The zero-order valence-electron chi connectivity index (χ0n) is 10.5. The van der Waals surface area contributed by atoms with Crippen molar-refractivity contribution in [3.05, 3.63) is 0 Å². The Labute approximate surface area is 111 Å². The number of hydrogen-bond acceptors (Lipinski definition) is 6. The monoisotopic (exact) mass is 275 g/mol. The van der Waals surface area contributed by atoms with Gasteiger partial charge in [-0.3, -0.25) is 9.59 Å². The average molecular weight is 275 g/mol. The molecule has 0 bridgehead atoms. The van der Waals surface area contributed by atoms with Gasteiger partial charge in [0.05, 0.1) is 0 Å². The zero-order chi connectivity index (χ0) is 13.8. The van der Waals surface area contributed by atoms with Crippen molar-refractivity contribution in [2.24, 2.45) is 0 Å². The Bertz CT molecular complexity index is 334. The quantitative estimate of drug-likeness (QED) is 0.439. The Hall–Kier alpha value is -1.08. The van der Waals surface area contributed by atoms with Gasteiger partial charge in [0.2, 0.25) is 0 Å². The van der Waals surface area contributed by atoms with Crippen LogP contribution in [0.15, 0.2) is 0 Å². The first-order chi connectivity index (χ1) is 8.29. The average Bonchev–Trinajstić information content (AvgIpc) is 2.55. The molecule has 0 saturated carbocycles. The molecule has 1 heterocycles. The van der Waals surface area contributed by atoms with Gasteiger partial charge in [0, 0.05) is 24.2 Å². The number of carbonyl (C=O) groups is 3. The smallest absolute Gasteiger partial charge is 0.358 e. The molecule has 18 heavy (non-hydrogen) atoms. The van der Waals surface area contributed by atoms with Crippen LogP contribution in [0.4, 0.5) is 0 Å². The number of imide groups is 1. The molecule has 1 saturated heterocycles. The van der Waals surface area contributed by atoms with Crippen molar-refractivity contribution in [2.45, 2.75) is 37.9 Å². The molecule has 0 aromatic heterocycles. The molecule has 0 aliphatic carbocycles. The van der Waals surface area contributed by atoms with E-state index in [4.69, 9.17) is 4.74 Å². The normalized spacial score (nSPS) is 16.3. The molecule has 0 unspecified atom stereocenters. The first-order valence-electron chi connectivity index (χ1n) is 5.66. The zero-order valence-corrected chi connectivity index (χ0v) is 11.4. The SMILES string of the molecule is CC(C)(S)CCOCC(=O)ON1C(=O)CCC1=O. The van der Waals surface area contributed by atoms with E-state index in [0.29, 0.717) is 18.1 Å². The molecule has 1 aliphatic rings. The Morgan fingerprint density at radius 3 is 2.39 bits per heavy atom. The lowest BCUT2D eigenvalue weighted by molar-refractivity contribution is -0.200. The van der Waals surface area contributed by atoms with Crippen LogP contribution in [-0.2, 0) is 24.0 Å². The van der Waals surface area contributed by atoms with Crippen LogP contribution < -0.4 is 0 Å². The summed E-state index contributed by atoms with van der Waals surface area (Å²) < 4.78 is 4.90. The molecule has 1 aliphatic heterocycles. The van der Waals surface area contributed by atoms with Crippen molar-refractivity contribution in [3.8, 4) is 0 Å². The first kappa shape index (κ1) is 15.0. The molecule has 1 fully saturated rings. The standard InChI is InChI=1S/C11H17NO5S/c1-11(2,18)5-6-16-7-10(15)17-12-8(13)3-4-9(12)14/h18H,3-7H2,1-2H3. The number of rotatable bonds is 6. The van der Waals surface area contributed by atoms with E-state index in [9.17, 15) is 14.4 Å². The maximum Gasteiger partial charge on any atom is 0.358 e. The van der Waals surface area contributed by atoms with Crippen LogP contribution in [0.5, 0.6) is 0 Å². The highest BCUT2D eigenvalue weighted by Crippen LogP contribution is 2.16. The highest BCUT2D eigenvalue weighted by atomic mass is 32.1. The maximum atomic E-state index is 11.3. The molecule has 6 nitrogen and oxygen atoms in total. The minimum Gasteiger partial charge on any atom is -0.370 e. The molecule has 0 radical (unpaired) electrons. The molecule has 102 valence electrons. The molecular weight excluding hydrogens is 258 g/mol. The third-order valence-electron chi connectivity index (χ3n) is 2.28. The van der Waals surface area contributed by atoms with Crippen LogP contribution in [0.25, 0.3) is 0 Å². The van der Waals surface area contributed by atoms with Crippen molar-refractivity contribution in [2.75, 3.05) is 13.2 Å². The molecule has 7 heteroatoms. The minimum atomic E-state index is -0.754. The Balaban J connectivity index is 2.22. The lowest BCUT2D eigenvalue weighted by atomic mass is 10.1. The van der Waals surface area contributed by atoms with E-state index in [1.807, 2.05) is 13.8 Å². The third kappa shape index (κ3) is 5.05. The highest BCUT2D eigenvalue weighted by molar-refractivity contribution is 7.81. The second-order valence-electron chi connectivity index (χ2n) is 4.66. The molecule has 0 aromatic carbocycles. The predicted molar refractivity (Wildman–Crippen MR) is 65.7 cm³/mol. The number of hydrogen-bond donors (Lipinski definition) is 1. The lowest BCUT2D eigenvalue weighted by Crippen LogP contribution is -2.33. The van der Waals surface area contributed by atoms with E-state index < -0.39 is 17.8 Å². The van der Waals surface area contributed by atoms with E-state index in [-0.39, 0.29) is 24.2 Å². The van der Waals surface area contributed by atoms with Gasteiger partial charge in [-0.25, -0.2) is 4.79 Å². The van der Waals surface area contributed by atoms with E-state index >= 15 is 0 Å². The summed E-state index contributed by atoms with van der Waals surface area (Å²) in [7, 11) is 0. The summed E-state index contributed by atoms with van der Waals surface area (Å²) in [5, 5.41) is 0.508. The summed E-state index contributed by atoms with van der Waals surface area (Å²) in [5.41, 5.74) is 0. The van der Waals surface area contributed by atoms with E-state index in [0.717, 1.165) is 0 Å². The second kappa shape index (κ2) is 6.19. The van der Waals surface area contributed by atoms with Crippen molar-refractivity contribution in [1.29, 1.82) is 0 Å². The minimum absolute atomic E-state index is 0.0841. The molecule has 0 spiro atoms. The summed E-state index contributed by atoms with van der Waals surface area (Å²) in [6.07, 6.45) is 0.840. The number of thiol groups is 1. The van der Waals surface area contributed by atoms with Gasteiger partial charge in [0.1, 0.15) is 6.61 Å². The van der Waals surface area contributed by atoms with E-state index in [2.05, 4.69) is 17.5 Å². The van der Waals surface area contributed by atoms with Gasteiger partial charge in [0.15, 0.2) is 0 Å². The Morgan fingerprint density at radius 2 is 1.89 bits per heavy atom. The molecular formula is C11H17NO5S. The van der Waals surface area contributed by atoms with Crippen LogP contribution in [0, 0.1) is 0 Å². The van der Waals surface area contributed by atoms with Gasteiger partial charge >= 0.3 is 5.97 Å².